The minimum absolute atomic E-state index is 0.0342. The van der Waals surface area contributed by atoms with Crippen molar-refractivity contribution in [2.75, 3.05) is 0 Å². The topological polar surface area (TPSA) is 72.6 Å². The van der Waals surface area contributed by atoms with E-state index in [1.54, 1.807) is 37.3 Å². The second-order valence-corrected chi connectivity index (χ2v) is 5.42. The number of nitro benzene ring substituents is 1. The Labute approximate surface area is 130 Å². The predicted molar refractivity (Wildman–Crippen MR) is 82.2 cm³/mol. The van der Waals surface area contributed by atoms with Crippen molar-refractivity contribution in [1.82, 2.24) is 0 Å². The number of ether oxygens (including phenoxy) is 1. The van der Waals surface area contributed by atoms with Crippen LogP contribution in [-0.4, -0.2) is 10.0 Å². The summed E-state index contributed by atoms with van der Waals surface area (Å²) in [5.41, 5.74) is 1.67. The van der Waals surface area contributed by atoms with Crippen LogP contribution in [0.4, 0.5) is 5.69 Å². The molecule has 1 N–H and O–H groups in total. The molecular weight excluding hydrogens is 338 g/mol. The number of non-ortho nitro benzene ring substituents is 1. The molecule has 0 fully saturated rings. The summed E-state index contributed by atoms with van der Waals surface area (Å²) in [5.74, 6) is 0.671. The molecule has 110 valence electrons. The first kappa shape index (κ1) is 15.5. The van der Waals surface area contributed by atoms with Crippen molar-refractivity contribution in [3.05, 3.63) is 68.2 Å². The molecule has 0 aromatic heterocycles. The molecule has 0 amide bonds. The van der Waals surface area contributed by atoms with Gasteiger partial charge in [0.15, 0.2) is 0 Å². The fourth-order valence-electron chi connectivity index (χ4n) is 1.77. The lowest BCUT2D eigenvalue weighted by Gasteiger charge is -2.09. The monoisotopic (exact) mass is 351 g/mol. The zero-order chi connectivity index (χ0) is 15.4. The third-order valence-electron chi connectivity index (χ3n) is 3.00. The SMILES string of the molecule is C[C@@H](O)c1ccc(OCc2ccc([N+](=O)[O-])cc2Br)cc1. The van der Waals surface area contributed by atoms with Gasteiger partial charge in [0.05, 0.1) is 11.0 Å². The van der Waals surface area contributed by atoms with E-state index in [4.69, 9.17) is 4.74 Å². The van der Waals surface area contributed by atoms with E-state index in [0.29, 0.717) is 16.8 Å². The third-order valence-corrected chi connectivity index (χ3v) is 3.74. The minimum Gasteiger partial charge on any atom is -0.489 e. The van der Waals surface area contributed by atoms with E-state index in [9.17, 15) is 15.2 Å². The average Bonchev–Trinajstić information content (AvgIpc) is 2.46. The molecule has 2 aromatic carbocycles. The number of hydrogen-bond donors (Lipinski definition) is 1. The van der Waals surface area contributed by atoms with Gasteiger partial charge < -0.3 is 9.84 Å². The third kappa shape index (κ3) is 4.03. The number of halogens is 1. The number of rotatable bonds is 5. The van der Waals surface area contributed by atoms with Gasteiger partial charge in [0.2, 0.25) is 0 Å². The molecule has 0 aliphatic heterocycles. The molecule has 0 bridgehead atoms. The van der Waals surface area contributed by atoms with Gasteiger partial charge in [0, 0.05) is 22.2 Å². The number of benzene rings is 2. The van der Waals surface area contributed by atoms with Crippen LogP contribution in [0.3, 0.4) is 0 Å². The molecule has 0 spiro atoms. The van der Waals surface area contributed by atoms with Crippen LogP contribution in [0.2, 0.25) is 0 Å². The Morgan fingerprint density at radius 3 is 2.48 bits per heavy atom. The van der Waals surface area contributed by atoms with Gasteiger partial charge in [-0.15, -0.1) is 0 Å². The maximum atomic E-state index is 10.7. The molecule has 0 aliphatic rings. The number of hydrogen-bond acceptors (Lipinski definition) is 4. The Kier molecular flexibility index (Phi) is 4.93. The molecule has 0 aliphatic carbocycles. The Hall–Kier alpha value is -1.92. The van der Waals surface area contributed by atoms with Crippen molar-refractivity contribution in [2.24, 2.45) is 0 Å². The van der Waals surface area contributed by atoms with Crippen LogP contribution < -0.4 is 4.74 Å². The molecule has 21 heavy (non-hydrogen) atoms. The van der Waals surface area contributed by atoms with Crippen molar-refractivity contribution in [3.8, 4) is 5.75 Å². The first-order valence-electron chi connectivity index (χ1n) is 6.31. The lowest BCUT2D eigenvalue weighted by atomic mass is 10.1. The lowest BCUT2D eigenvalue weighted by molar-refractivity contribution is -0.384. The number of nitro groups is 1. The van der Waals surface area contributed by atoms with E-state index in [1.165, 1.54) is 12.1 Å². The first-order chi connectivity index (χ1) is 9.97. The summed E-state index contributed by atoms with van der Waals surface area (Å²) < 4.78 is 6.26. The van der Waals surface area contributed by atoms with Crippen LogP contribution >= 0.6 is 15.9 Å². The lowest BCUT2D eigenvalue weighted by Crippen LogP contribution is -1.98. The standard InChI is InChI=1S/C15H14BrNO4/c1-10(18)11-3-6-14(7-4-11)21-9-12-2-5-13(17(19)20)8-15(12)16/h2-8,10,18H,9H2,1H3/t10-/m1/s1. The van der Waals surface area contributed by atoms with Crippen LogP contribution in [0.5, 0.6) is 5.75 Å². The molecule has 6 heteroatoms. The average molecular weight is 352 g/mol. The van der Waals surface area contributed by atoms with Crippen molar-refractivity contribution in [3.63, 3.8) is 0 Å². The number of aliphatic hydroxyl groups excluding tert-OH is 1. The van der Waals surface area contributed by atoms with E-state index in [2.05, 4.69) is 15.9 Å². The van der Waals surface area contributed by atoms with Crippen LogP contribution in [0.25, 0.3) is 0 Å². The molecular formula is C15H14BrNO4. The number of aliphatic hydroxyl groups is 1. The van der Waals surface area contributed by atoms with Crippen molar-refractivity contribution >= 4 is 21.6 Å². The molecule has 0 radical (unpaired) electrons. The summed E-state index contributed by atoms with van der Waals surface area (Å²) in [7, 11) is 0. The second kappa shape index (κ2) is 6.69. The van der Waals surface area contributed by atoms with Crippen molar-refractivity contribution in [2.45, 2.75) is 19.6 Å². The van der Waals surface area contributed by atoms with E-state index in [0.717, 1.165) is 11.1 Å². The zero-order valence-corrected chi connectivity index (χ0v) is 12.9. The summed E-state index contributed by atoms with van der Waals surface area (Å²) in [6.07, 6.45) is -0.511. The minimum atomic E-state index is -0.511. The van der Waals surface area contributed by atoms with E-state index in [-0.39, 0.29) is 5.69 Å². The second-order valence-electron chi connectivity index (χ2n) is 4.57. The molecule has 5 nitrogen and oxygen atoms in total. The highest BCUT2D eigenvalue weighted by molar-refractivity contribution is 9.10. The van der Waals surface area contributed by atoms with Crippen molar-refractivity contribution in [1.29, 1.82) is 0 Å². The van der Waals surface area contributed by atoms with E-state index in [1.807, 2.05) is 0 Å². The summed E-state index contributed by atoms with van der Waals surface area (Å²) in [6.45, 7) is 2.00. The van der Waals surface area contributed by atoms with Gasteiger partial charge in [-0.1, -0.05) is 28.1 Å². The fourth-order valence-corrected chi connectivity index (χ4v) is 2.25. The molecule has 0 heterocycles. The molecule has 0 saturated carbocycles. The first-order valence-corrected chi connectivity index (χ1v) is 7.10. The Bertz CT molecular complexity index is 641. The maximum Gasteiger partial charge on any atom is 0.270 e. The van der Waals surface area contributed by atoms with E-state index >= 15 is 0 Å². The summed E-state index contributed by atoms with van der Waals surface area (Å²) in [4.78, 5) is 10.2. The van der Waals surface area contributed by atoms with Crippen LogP contribution in [0.15, 0.2) is 46.9 Å². The normalized spacial score (nSPS) is 12.0. The van der Waals surface area contributed by atoms with Crippen LogP contribution in [-0.2, 0) is 6.61 Å². The Morgan fingerprint density at radius 2 is 1.95 bits per heavy atom. The number of nitrogens with zero attached hydrogens (tertiary/aromatic N) is 1. The van der Waals surface area contributed by atoms with Gasteiger partial charge in [0.25, 0.3) is 5.69 Å². The highest BCUT2D eigenvalue weighted by Gasteiger charge is 2.09. The van der Waals surface area contributed by atoms with E-state index < -0.39 is 11.0 Å². The fraction of sp³-hybridized carbons (Fsp3) is 0.200. The highest BCUT2D eigenvalue weighted by atomic mass is 79.9. The van der Waals surface area contributed by atoms with Gasteiger partial charge in [-0.05, 0) is 30.7 Å². The summed E-state index contributed by atoms with van der Waals surface area (Å²) in [6, 6.07) is 11.7. The van der Waals surface area contributed by atoms with Gasteiger partial charge >= 0.3 is 0 Å². The smallest absolute Gasteiger partial charge is 0.270 e. The molecule has 0 saturated heterocycles. The highest BCUT2D eigenvalue weighted by Crippen LogP contribution is 2.25. The molecule has 2 rings (SSSR count). The predicted octanol–water partition coefficient (Wildman–Crippen LogP) is 3.99. The van der Waals surface area contributed by atoms with Crippen LogP contribution in [0, 0.1) is 10.1 Å². The largest absolute Gasteiger partial charge is 0.489 e. The summed E-state index contributed by atoms with van der Waals surface area (Å²) in [5, 5.41) is 20.1. The molecule has 1 atom stereocenters. The van der Waals surface area contributed by atoms with Crippen LogP contribution in [0.1, 0.15) is 24.2 Å². The Balaban J connectivity index is 2.04. The maximum absolute atomic E-state index is 10.7. The van der Waals surface area contributed by atoms with Gasteiger partial charge in [-0.2, -0.15) is 0 Å². The molecule has 0 unspecified atom stereocenters. The Morgan fingerprint density at radius 1 is 1.29 bits per heavy atom. The molecule has 2 aromatic rings. The summed E-state index contributed by atoms with van der Waals surface area (Å²) >= 11 is 3.30. The van der Waals surface area contributed by atoms with Gasteiger partial charge in [-0.3, -0.25) is 10.1 Å². The zero-order valence-electron chi connectivity index (χ0n) is 11.3. The van der Waals surface area contributed by atoms with Crippen molar-refractivity contribution < 1.29 is 14.8 Å². The van der Waals surface area contributed by atoms with Gasteiger partial charge in [-0.25, -0.2) is 0 Å². The quantitative estimate of drug-likeness (QED) is 0.652. The van der Waals surface area contributed by atoms with Gasteiger partial charge in [0.1, 0.15) is 12.4 Å².